The summed E-state index contributed by atoms with van der Waals surface area (Å²) < 4.78 is 0. The fourth-order valence-corrected chi connectivity index (χ4v) is 2.97. The summed E-state index contributed by atoms with van der Waals surface area (Å²) in [6.07, 6.45) is 1.52. The van der Waals surface area contributed by atoms with Gasteiger partial charge in [-0.2, -0.15) is 0 Å². The molecule has 0 unspecified atom stereocenters. The molecule has 0 atom stereocenters. The van der Waals surface area contributed by atoms with E-state index in [-0.39, 0.29) is 5.91 Å². The van der Waals surface area contributed by atoms with Gasteiger partial charge in [-0.25, -0.2) is 0 Å². The largest absolute Gasteiger partial charge is 0.352 e. The first-order valence-electron chi connectivity index (χ1n) is 6.64. The van der Waals surface area contributed by atoms with Crippen molar-refractivity contribution in [3.05, 3.63) is 67.6 Å². The number of halogens is 4. The van der Waals surface area contributed by atoms with Gasteiger partial charge in [0, 0.05) is 21.6 Å². The Kier molecular flexibility index (Phi) is 6.39. The first-order chi connectivity index (χ1) is 10.5. The molecular weight excluding hydrogens is 364 g/mol. The molecule has 0 aromatic heterocycles. The highest BCUT2D eigenvalue weighted by atomic mass is 35.5. The number of nitrogens with one attached hydrogen (secondary N) is 1. The van der Waals surface area contributed by atoms with Crippen molar-refractivity contribution in [3.63, 3.8) is 0 Å². The molecule has 2 aromatic rings. The van der Waals surface area contributed by atoms with Crippen molar-refractivity contribution in [2.24, 2.45) is 0 Å². The van der Waals surface area contributed by atoms with Crippen LogP contribution in [0.5, 0.6) is 0 Å². The van der Waals surface area contributed by atoms with Crippen LogP contribution in [0.15, 0.2) is 36.4 Å². The van der Waals surface area contributed by atoms with Crippen molar-refractivity contribution >= 4 is 52.3 Å². The van der Waals surface area contributed by atoms with Gasteiger partial charge in [-0.05, 0) is 48.7 Å². The summed E-state index contributed by atoms with van der Waals surface area (Å²) in [6, 6.07) is 10.2. The van der Waals surface area contributed by atoms with E-state index in [0.29, 0.717) is 32.2 Å². The summed E-state index contributed by atoms with van der Waals surface area (Å²) in [7, 11) is 0. The molecular formula is C16H13Cl4NO. The maximum absolute atomic E-state index is 12.0. The summed E-state index contributed by atoms with van der Waals surface area (Å²) in [4.78, 5) is 12.0. The number of amides is 1. The topological polar surface area (TPSA) is 29.1 Å². The summed E-state index contributed by atoms with van der Waals surface area (Å²) >= 11 is 23.7. The predicted octanol–water partition coefficient (Wildman–Crippen LogP) is 5.66. The molecule has 2 nitrogen and oxygen atoms in total. The molecule has 2 rings (SSSR count). The van der Waals surface area contributed by atoms with Gasteiger partial charge < -0.3 is 5.32 Å². The zero-order valence-corrected chi connectivity index (χ0v) is 14.5. The van der Waals surface area contributed by atoms with E-state index in [4.69, 9.17) is 46.4 Å². The van der Waals surface area contributed by atoms with Gasteiger partial charge in [-0.3, -0.25) is 4.79 Å². The Hall–Kier alpha value is -0.930. The molecule has 6 heteroatoms. The fourth-order valence-electron chi connectivity index (χ4n) is 1.97. The Bertz CT molecular complexity index is 688. The summed E-state index contributed by atoms with van der Waals surface area (Å²) in [5, 5.41) is 4.91. The number of hydrogen-bond donors (Lipinski definition) is 1. The van der Waals surface area contributed by atoms with Crippen LogP contribution >= 0.6 is 46.4 Å². The van der Waals surface area contributed by atoms with E-state index in [9.17, 15) is 4.79 Å². The maximum atomic E-state index is 12.0. The SMILES string of the molecule is O=C(NCCCc1ccc(Cl)cc1Cl)c1ccc(Cl)cc1Cl. The van der Waals surface area contributed by atoms with Gasteiger partial charge in [-0.1, -0.05) is 52.5 Å². The third kappa shape index (κ3) is 4.79. The van der Waals surface area contributed by atoms with E-state index in [0.717, 1.165) is 18.4 Å². The predicted molar refractivity (Wildman–Crippen MR) is 93.6 cm³/mol. The molecule has 0 aliphatic carbocycles. The quantitative estimate of drug-likeness (QED) is 0.670. The van der Waals surface area contributed by atoms with Crippen LogP contribution in [0.3, 0.4) is 0 Å². The molecule has 0 aliphatic heterocycles. The normalized spacial score (nSPS) is 10.5. The van der Waals surface area contributed by atoms with Crippen molar-refractivity contribution in [1.82, 2.24) is 5.32 Å². The second-order valence-corrected chi connectivity index (χ2v) is 6.41. The molecule has 0 aliphatic rings. The highest BCUT2D eigenvalue weighted by Gasteiger charge is 2.10. The van der Waals surface area contributed by atoms with Crippen molar-refractivity contribution in [1.29, 1.82) is 0 Å². The van der Waals surface area contributed by atoms with Gasteiger partial charge in [-0.15, -0.1) is 0 Å². The van der Waals surface area contributed by atoms with Crippen LogP contribution in [0.2, 0.25) is 20.1 Å². The van der Waals surface area contributed by atoms with Gasteiger partial charge in [0.25, 0.3) is 5.91 Å². The standard InChI is InChI=1S/C16H13Cl4NO/c17-11-4-3-10(14(19)8-11)2-1-7-21-16(22)13-6-5-12(18)9-15(13)20/h3-6,8-9H,1-2,7H2,(H,21,22). The molecule has 0 saturated heterocycles. The molecule has 0 saturated carbocycles. The lowest BCUT2D eigenvalue weighted by Gasteiger charge is -2.08. The number of carbonyl (C=O) groups is 1. The first-order valence-corrected chi connectivity index (χ1v) is 8.16. The second-order valence-electron chi connectivity index (χ2n) is 4.72. The molecule has 1 amide bonds. The highest BCUT2D eigenvalue weighted by molar-refractivity contribution is 6.36. The van der Waals surface area contributed by atoms with Gasteiger partial charge in [0.15, 0.2) is 0 Å². The number of aryl methyl sites for hydroxylation is 1. The lowest BCUT2D eigenvalue weighted by atomic mass is 10.1. The summed E-state index contributed by atoms with van der Waals surface area (Å²) in [5.74, 6) is -0.219. The maximum Gasteiger partial charge on any atom is 0.252 e. The Morgan fingerprint density at radius 1 is 0.909 bits per heavy atom. The highest BCUT2D eigenvalue weighted by Crippen LogP contribution is 2.22. The van der Waals surface area contributed by atoms with E-state index in [1.54, 1.807) is 30.3 Å². The molecule has 0 fully saturated rings. The van der Waals surface area contributed by atoms with Crippen molar-refractivity contribution < 1.29 is 4.79 Å². The van der Waals surface area contributed by atoms with Crippen LogP contribution in [-0.2, 0) is 6.42 Å². The average Bonchev–Trinajstić information content (AvgIpc) is 2.45. The monoisotopic (exact) mass is 375 g/mol. The van der Waals surface area contributed by atoms with E-state index in [2.05, 4.69) is 5.32 Å². The number of benzene rings is 2. The number of rotatable bonds is 5. The van der Waals surface area contributed by atoms with Gasteiger partial charge >= 0.3 is 0 Å². The van der Waals surface area contributed by atoms with E-state index in [1.165, 1.54) is 0 Å². The Morgan fingerprint density at radius 3 is 2.18 bits per heavy atom. The van der Waals surface area contributed by atoms with Crippen LogP contribution in [0.1, 0.15) is 22.3 Å². The van der Waals surface area contributed by atoms with Gasteiger partial charge in [0.1, 0.15) is 0 Å². The minimum atomic E-state index is -0.219. The third-order valence-corrected chi connectivity index (χ3v) is 4.23. The first kappa shape index (κ1) is 17.4. The van der Waals surface area contributed by atoms with Gasteiger partial charge in [0.05, 0.1) is 10.6 Å². The summed E-state index contributed by atoms with van der Waals surface area (Å²) in [6.45, 7) is 0.525. The van der Waals surface area contributed by atoms with Crippen LogP contribution in [0.4, 0.5) is 0 Å². The zero-order valence-electron chi connectivity index (χ0n) is 11.5. The van der Waals surface area contributed by atoms with Crippen molar-refractivity contribution in [2.75, 3.05) is 6.54 Å². The van der Waals surface area contributed by atoms with E-state index in [1.807, 2.05) is 6.07 Å². The smallest absolute Gasteiger partial charge is 0.252 e. The second kappa shape index (κ2) is 8.07. The molecule has 22 heavy (non-hydrogen) atoms. The van der Waals surface area contributed by atoms with Crippen LogP contribution < -0.4 is 5.32 Å². The summed E-state index contributed by atoms with van der Waals surface area (Å²) in [5.41, 5.74) is 1.42. The van der Waals surface area contributed by atoms with E-state index < -0.39 is 0 Å². The minimum absolute atomic E-state index is 0.219. The zero-order chi connectivity index (χ0) is 16.1. The fraction of sp³-hybridized carbons (Fsp3) is 0.188. The minimum Gasteiger partial charge on any atom is -0.352 e. The Morgan fingerprint density at radius 2 is 1.55 bits per heavy atom. The lowest BCUT2D eigenvalue weighted by molar-refractivity contribution is 0.0953. The Labute approximate surface area is 149 Å². The van der Waals surface area contributed by atoms with Crippen LogP contribution in [0.25, 0.3) is 0 Å². The molecule has 1 N–H and O–H groups in total. The number of carbonyl (C=O) groups excluding carboxylic acids is 1. The lowest BCUT2D eigenvalue weighted by Crippen LogP contribution is -2.25. The third-order valence-electron chi connectivity index (χ3n) is 3.10. The van der Waals surface area contributed by atoms with Crippen molar-refractivity contribution in [2.45, 2.75) is 12.8 Å². The van der Waals surface area contributed by atoms with Crippen LogP contribution in [0, 0.1) is 0 Å². The molecule has 0 spiro atoms. The van der Waals surface area contributed by atoms with E-state index >= 15 is 0 Å². The van der Waals surface area contributed by atoms with Crippen molar-refractivity contribution in [3.8, 4) is 0 Å². The molecule has 2 aromatic carbocycles. The molecule has 0 heterocycles. The molecule has 116 valence electrons. The van der Waals surface area contributed by atoms with Gasteiger partial charge in [0.2, 0.25) is 0 Å². The number of hydrogen-bond acceptors (Lipinski definition) is 1. The Balaban J connectivity index is 1.84. The van der Waals surface area contributed by atoms with Crippen LogP contribution in [-0.4, -0.2) is 12.5 Å². The molecule has 0 radical (unpaired) electrons. The molecule has 0 bridgehead atoms. The average molecular weight is 377 g/mol.